The van der Waals surface area contributed by atoms with Gasteiger partial charge in [-0.1, -0.05) is 26.7 Å². The number of unbranched alkanes of at least 4 members (excludes halogenated alkanes) is 32. The molecule has 0 unspecified atom stereocenters. The Bertz CT molecular complexity index is 734. The molecule has 0 saturated carbocycles. The Morgan fingerprint density at radius 2 is 0.545 bits per heavy atom. The molecule has 0 radical (unpaired) electrons. The molecule has 328 valence electrons. The fourth-order valence-corrected chi connectivity index (χ4v) is 34.4. The molecule has 55 heavy (non-hydrogen) atoms. The first-order valence-electron chi connectivity index (χ1n) is 24.6. The third-order valence-corrected chi connectivity index (χ3v) is 41.1. The second kappa shape index (κ2) is 45.5. The molecule has 0 saturated heterocycles. The Morgan fingerprint density at radius 3 is 0.800 bits per heavy atom. The third-order valence-electron chi connectivity index (χ3n) is 11.3. The van der Waals surface area contributed by atoms with Crippen LogP contribution in [0.15, 0.2) is 0 Å². The second-order valence-corrected chi connectivity index (χ2v) is 43.1. The van der Waals surface area contributed by atoms with Gasteiger partial charge in [-0.2, -0.15) is 0 Å². The van der Waals surface area contributed by atoms with Gasteiger partial charge >= 0.3 is 330 Å². The molecule has 0 N–H and O–H groups in total. The molecule has 0 spiro atoms. The molecule has 0 aliphatic heterocycles. The minimum atomic E-state index is -2.98. The fraction of sp³-hybridized carbons (Fsp3) is 0.958. The van der Waals surface area contributed by atoms with Crippen LogP contribution in [0.5, 0.6) is 0 Å². The van der Waals surface area contributed by atoms with Crippen molar-refractivity contribution in [2.24, 2.45) is 0 Å². The zero-order valence-corrected chi connectivity index (χ0v) is 42.1. The van der Waals surface area contributed by atoms with Crippen LogP contribution in [0.25, 0.3) is 0 Å². The number of esters is 2. The molecule has 7 heteroatoms. The van der Waals surface area contributed by atoms with Gasteiger partial charge in [0.1, 0.15) is 0 Å². The van der Waals surface area contributed by atoms with Crippen LogP contribution < -0.4 is 0 Å². The van der Waals surface area contributed by atoms with Crippen LogP contribution in [0.2, 0.25) is 8.87 Å². The van der Waals surface area contributed by atoms with Gasteiger partial charge in [-0.15, -0.1) is 0 Å². The van der Waals surface area contributed by atoms with Crippen molar-refractivity contribution in [2.75, 3.05) is 24.7 Å². The minimum Gasteiger partial charge on any atom is -0.0654 e. The van der Waals surface area contributed by atoms with Gasteiger partial charge in [-0.3, -0.25) is 0 Å². The molecular formula is C48H96O4S2Sn. The summed E-state index contributed by atoms with van der Waals surface area (Å²) in [5, 5.41) is 0. The Balaban J connectivity index is 5.16. The van der Waals surface area contributed by atoms with Crippen LogP contribution in [0, 0.1) is 0 Å². The van der Waals surface area contributed by atoms with Gasteiger partial charge in [-0.05, 0) is 0 Å². The average Bonchev–Trinajstić information content (AvgIpc) is 3.19. The van der Waals surface area contributed by atoms with Gasteiger partial charge in [0.2, 0.25) is 0 Å². The topological polar surface area (TPSA) is 52.6 Å². The Hall–Kier alpha value is 0.439. The normalized spacial score (nSPS) is 11.7. The molecule has 0 aromatic carbocycles. The van der Waals surface area contributed by atoms with Crippen molar-refractivity contribution in [3.8, 4) is 0 Å². The first-order chi connectivity index (χ1) is 27.0. The third kappa shape index (κ3) is 41.0. The molecule has 0 fully saturated rings. The molecule has 0 heterocycles. The van der Waals surface area contributed by atoms with Crippen molar-refractivity contribution < 1.29 is 19.1 Å². The molecule has 0 rings (SSSR count). The number of carbonyl (C=O) groups excluding carboxylic acids is 2. The van der Waals surface area contributed by atoms with Crippen LogP contribution in [-0.4, -0.2) is 52.3 Å². The monoisotopic (exact) mass is 921 g/mol. The molecule has 0 bridgehead atoms. The van der Waals surface area contributed by atoms with Gasteiger partial charge in [0, 0.05) is 0 Å². The Labute approximate surface area is 354 Å². The van der Waals surface area contributed by atoms with E-state index < -0.39 is 15.6 Å². The van der Waals surface area contributed by atoms with Crippen molar-refractivity contribution in [2.45, 2.75) is 268 Å². The number of rotatable bonds is 46. The predicted molar refractivity (Wildman–Crippen MR) is 251 cm³/mol. The maximum atomic E-state index is 13.1. The van der Waals surface area contributed by atoms with Crippen LogP contribution >= 0.6 is 17.9 Å². The van der Waals surface area contributed by atoms with E-state index in [0.29, 0.717) is 24.7 Å². The van der Waals surface area contributed by atoms with Crippen LogP contribution in [0.4, 0.5) is 0 Å². The molecule has 4 nitrogen and oxygen atoms in total. The Kier molecular flexibility index (Phi) is 45.9. The Morgan fingerprint density at radius 1 is 0.327 bits per heavy atom. The number of hydrogen-bond acceptors (Lipinski definition) is 6. The van der Waals surface area contributed by atoms with Crippen molar-refractivity contribution in [3.05, 3.63) is 0 Å². The van der Waals surface area contributed by atoms with Gasteiger partial charge < -0.3 is 0 Å². The van der Waals surface area contributed by atoms with Gasteiger partial charge in [-0.25, -0.2) is 0 Å². The number of hydrogen-bond donors (Lipinski definition) is 0. The van der Waals surface area contributed by atoms with E-state index in [2.05, 4.69) is 27.7 Å². The van der Waals surface area contributed by atoms with E-state index in [9.17, 15) is 9.59 Å². The summed E-state index contributed by atoms with van der Waals surface area (Å²) in [7, 11) is 3.98. The van der Waals surface area contributed by atoms with Crippen molar-refractivity contribution in [1.29, 1.82) is 0 Å². The predicted octanol–water partition coefficient (Wildman–Crippen LogP) is 17.1. The summed E-state index contributed by atoms with van der Waals surface area (Å²) < 4.78 is 14.1. The quantitative estimate of drug-likeness (QED) is 0.0344. The van der Waals surface area contributed by atoms with E-state index in [1.165, 1.54) is 214 Å². The smallest absolute Gasteiger partial charge is 0.0654 e. The van der Waals surface area contributed by atoms with E-state index in [4.69, 9.17) is 9.47 Å². The van der Waals surface area contributed by atoms with Crippen molar-refractivity contribution >= 4 is 45.4 Å². The van der Waals surface area contributed by atoms with Crippen molar-refractivity contribution in [1.82, 2.24) is 0 Å². The number of carbonyl (C=O) groups is 2. The van der Waals surface area contributed by atoms with Gasteiger partial charge in [0.15, 0.2) is 0 Å². The maximum absolute atomic E-state index is 13.1. The zero-order valence-electron chi connectivity index (χ0n) is 37.6. The summed E-state index contributed by atoms with van der Waals surface area (Å²) in [4.78, 5) is 26.2. The van der Waals surface area contributed by atoms with Crippen LogP contribution in [-0.2, 0) is 19.1 Å². The van der Waals surface area contributed by atoms with Crippen LogP contribution in [0.1, 0.15) is 259 Å². The molecule has 0 aliphatic carbocycles. The van der Waals surface area contributed by atoms with Gasteiger partial charge in [0.25, 0.3) is 0 Å². The van der Waals surface area contributed by atoms with E-state index in [1.54, 1.807) is 0 Å². The summed E-state index contributed by atoms with van der Waals surface area (Å²) in [5.74, 6) is 0.891. The zero-order chi connectivity index (χ0) is 40.2. The summed E-state index contributed by atoms with van der Waals surface area (Å²) in [6.45, 7) is 10.2. The number of ether oxygens (including phenoxy) is 2. The molecule has 0 aliphatic rings. The SMILES string of the molecule is CCCCCCCCCCC[CH2][Sn]([CH2]CCCCCCCCCCC)([S]CC(=O)OCCCCCCCCCC)[S]CC(=O)OCCCCCCCCCC. The molecule has 0 aromatic rings. The summed E-state index contributed by atoms with van der Waals surface area (Å²) in [6, 6.07) is 0. The van der Waals surface area contributed by atoms with E-state index in [0.717, 1.165) is 25.7 Å². The molecule has 0 atom stereocenters. The van der Waals surface area contributed by atoms with Crippen LogP contribution in [0.3, 0.4) is 0 Å². The molecule has 0 aromatic heterocycles. The van der Waals surface area contributed by atoms with E-state index >= 15 is 0 Å². The summed E-state index contributed by atoms with van der Waals surface area (Å²) >= 11 is -2.98. The van der Waals surface area contributed by atoms with E-state index in [1.807, 2.05) is 17.9 Å². The second-order valence-electron chi connectivity index (χ2n) is 16.7. The standard InChI is InChI=1S/2C12H24O2S.2C12H25.Sn/c2*1-2-3-4-5-6-7-8-9-10-14-12(13)11-15;2*1-3-5-7-9-11-12-10-8-6-4-2;/h2*15H,2-11H2,1H3;2*1,3-12H2,2H3;/q;;;;+2/p-2. The fourth-order valence-electron chi connectivity index (χ4n) is 7.53. The summed E-state index contributed by atoms with van der Waals surface area (Å²) in [6.07, 6.45) is 46.9. The first kappa shape index (κ1) is 55.4. The average molecular weight is 920 g/mol. The minimum absolute atomic E-state index is 0.0296. The molecule has 0 amide bonds. The molecular weight excluding hydrogens is 823 g/mol. The van der Waals surface area contributed by atoms with Crippen molar-refractivity contribution in [3.63, 3.8) is 0 Å². The first-order valence-corrected chi connectivity index (χ1v) is 37.6. The van der Waals surface area contributed by atoms with E-state index in [-0.39, 0.29) is 11.9 Å². The summed E-state index contributed by atoms with van der Waals surface area (Å²) in [5.41, 5.74) is 0. The van der Waals surface area contributed by atoms with Gasteiger partial charge in [0.05, 0.1) is 0 Å².